The molecule has 4 rings (SSSR count). The van der Waals surface area contributed by atoms with Crippen molar-refractivity contribution in [2.75, 3.05) is 0 Å². The Kier molecular flexibility index (Phi) is 8.97. The van der Waals surface area contributed by atoms with Gasteiger partial charge >= 0.3 is 0 Å². The first kappa shape index (κ1) is 24.5. The first-order chi connectivity index (χ1) is 14.1. The van der Waals surface area contributed by atoms with Crippen molar-refractivity contribution in [3.63, 3.8) is 0 Å². The van der Waals surface area contributed by atoms with Crippen LogP contribution in [0.25, 0.3) is 11.0 Å². The number of nitrogens with zero attached hydrogens (tertiary/aromatic N) is 3. The molecule has 0 unspecified atom stereocenters. The lowest BCUT2D eigenvalue weighted by Gasteiger charge is -2.02. The lowest BCUT2D eigenvalue weighted by molar-refractivity contribution is 0.155. The SMILES string of the molecule is Oc1cc(Cl)c(Cl)c(Cl)c1Cl.Oc1cccc(Cl)c1Cl.On1nnc2ccccc21. The number of fused-ring (bicyclic) bond motifs is 1. The van der Waals surface area contributed by atoms with Gasteiger partial charge in [0.2, 0.25) is 0 Å². The highest BCUT2D eigenvalue weighted by molar-refractivity contribution is 6.52. The van der Waals surface area contributed by atoms with Crippen molar-refractivity contribution in [2.45, 2.75) is 0 Å². The third kappa shape index (κ3) is 6.11. The molecule has 0 bridgehead atoms. The topological polar surface area (TPSA) is 91.4 Å². The fourth-order valence-electron chi connectivity index (χ4n) is 1.91. The highest BCUT2D eigenvalue weighted by Gasteiger charge is 2.11. The van der Waals surface area contributed by atoms with Crippen LogP contribution in [0.3, 0.4) is 0 Å². The molecule has 1 aromatic heterocycles. The van der Waals surface area contributed by atoms with Crippen LogP contribution < -0.4 is 0 Å². The molecule has 0 aliphatic rings. The molecule has 0 radical (unpaired) electrons. The van der Waals surface area contributed by atoms with Gasteiger partial charge in [0.1, 0.15) is 32.6 Å². The minimum atomic E-state index is -0.175. The van der Waals surface area contributed by atoms with E-state index in [2.05, 4.69) is 10.3 Å². The predicted molar refractivity (Wildman–Crippen MR) is 121 cm³/mol. The molecule has 0 saturated carbocycles. The Morgan fingerprint density at radius 3 is 1.93 bits per heavy atom. The molecule has 0 amide bonds. The molecule has 6 nitrogen and oxygen atoms in total. The zero-order chi connectivity index (χ0) is 22.4. The van der Waals surface area contributed by atoms with Gasteiger partial charge < -0.3 is 15.4 Å². The van der Waals surface area contributed by atoms with E-state index in [-0.39, 0.29) is 36.6 Å². The Bertz CT molecular complexity index is 1120. The van der Waals surface area contributed by atoms with Crippen molar-refractivity contribution in [1.29, 1.82) is 0 Å². The fraction of sp³-hybridized carbons (Fsp3) is 0. The molecule has 0 fully saturated rings. The van der Waals surface area contributed by atoms with Gasteiger partial charge in [0.25, 0.3) is 0 Å². The molecule has 0 aliphatic carbocycles. The van der Waals surface area contributed by atoms with Gasteiger partial charge in [0.05, 0.1) is 20.1 Å². The average Bonchev–Trinajstić information content (AvgIpc) is 3.11. The van der Waals surface area contributed by atoms with Crippen LogP contribution in [0.2, 0.25) is 30.1 Å². The summed E-state index contributed by atoms with van der Waals surface area (Å²) >= 11 is 33.3. The van der Waals surface area contributed by atoms with Crippen molar-refractivity contribution < 1.29 is 15.4 Å². The van der Waals surface area contributed by atoms with Gasteiger partial charge in [-0.3, -0.25) is 0 Å². The Morgan fingerprint density at radius 2 is 1.33 bits per heavy atom. The van der Waals surface area contributed by atoms with E-state index in [0.29, 0.717) is 16.1 Å². The van der Waals surface area contributed by atoms with Crippen LogP contribution in [0.4, 0.5) is 0 Å². The van der Waals surface area contributed by atoms with E-state index in [1.165, 1.54) is 12.1 Å². The molecule has 0 aliphatic heterocycles. The van der Waals surface area contributed by atoms with E-state index in [9.17, 15) is 0 Å². The second-order valence-electron chi connectivity index (χ2n) is 5.36. The summed E-state index contributed by atoms with van der Waals surface area (Å²) in [5, 5.41) is 35.0. The summed E-state index contributed by atoms with van der Waals surface area (Å²) < 4.78 is 0. The molecule has 1 heterocycles. The van der Waals surface area contributed by atoms with Crippen molar-refractivity contribution >= 4 is 80.6 Å². The zero-order valence-corrected chi connectivity index (χ0v) is 19.1. The number of hydrogen-bond donors (Lipinski definition) is 3. The molecule has 0 spiro atoms. The zero-order valence-electron chi connectivity index (χ0n) is 14.6. The Morgan fingerprint density at radius 1 is 0.667 bits per heavy atom. The van der Waals surface area contributed by atoms with Gasteiger partial charge in [0, 0.05) is 6.07 Å². The van der Waals surface area contributed by atoms with E-state index < -0.39 is 0 Å². The standard InChI is InChI=1S/C6H2Cl4O.C6H4Cl2O.C6H5N3O/c7-2-1-3(11)5(9)6(10)4(2)8;7-4-2-1-3-5(9)6(4)8;10-9-6-4-2-1-3-5(6)7-8-9/h1,11H;1-3,9H;1-4,10H. The minimum Gasteiger partial charge on any atom is -0.506 e. The van der Waals surface area contributed by atoms with Crippen LogP contribution in [-0.4, -0.2) is 30.6 Å². The lowest BCUT2D eigenvalue weighted by Crippen LogP contribution is -1.90. The quantitative estimate of drug-likeness (QED) is 0.126. The van der Waals surface area contributed by atoms with Gasteiger partial charge in [-0.15, -0.1) is 5.10 Å². The third-order valence-electron chi connectivity index (χ3n) is 3.35. The maximum Gasteiger partial charge on any atom is 0.137 e. The van der Waals surface area contributed by atoms with E-state index in [1.807, 2.05) is 12.1 Å². The van der Waals surface area contributed by atoms with E-state index in [1.54, 1.807) is 24.3 Å². The molecule has 4 aromatic rings. The maximum absolute atomic E-state index is 9.05. The number of phenolic OH excluding ortho intramolecular Hbond substituents is 2. The highest BCUT2D eigenvalue weighted by Crippen LogP contribution is 2.41. The summed E-state index contributed by atoms with van der Waals surface area (Å²) in [4.78, 5) is 0.759. The van der Waals surface area contributed by atoms with Crippen LogP contribution in [0.5, 0.6) is 11.5 Å². The fourth-order valence-corrected chi connectivity index (χ4v) is 3.00. The molecular weight excluding hydrogens is 519 g/mol. The van der Waals surface area contributed by atoms with Crippen molar-refractivity contribution in [1.82, 2.24) is 15.2 Å². The number of benzene rings is 3. The van der Waals surface area contributed by atoms with Crippen molar-refractivity contribution in [3.8, 4) is 11.5 Å². The van der Waals surface area contributed by atoms with Crippen LogP contribution in [-0.2, 0) is 0 Å². The van der Waals surface area contributed by atoms with E-state index >= 15 is 0 Å². The molecule has 158 valence electrons. The second-order valence-corrected chi connectivity index (χ2v) is 7.69. The summed E-state index contributed by atoms with van der Waals surface area (Å²) in [6.45, 7) is 0. The Labute approximate surface area is 200 Å². The van der Waals surface area contributed by atoms with Gasteiger partial charge in [-0.25, -0.2) is 0 Å². The number of phenols is 2. The summed E-state index contributed by atoms with van der Waals surface area (Å²) in [5.74, 6) is -0.157. The molecule has 30 heavy (non-hydrogen) atoms. The summed E-state index contributed by atoms with van der Waals surface area (Å²) in [6, 6.07) is 13.2. The Hall–Kier alpha value is -1.80. The first-order valence-corrected chi connectivity index (χ1v) is 10.0. The molecule has 3 aromatic carbocycles. The van der Waals surface area contributed by atoms with E-state index in [0.717, 1.165) is 4.85 Å². The lowest BCUT2D eigenvalue weighted by atomic mass is 10.3. The molecule has 0 saturated heterocycles. The van der Waals surface area contributed by atoms with Crippen LogP contribution in [0, 0.1) is 0 Å². The number of para-hydroxylation sites is 1. The van der Waals surface area contributed by atoms with Crippen LogP contribution >= 0.6 is 69.6 Å². The number of aromatic nitrogens is 3. The number of aromatic hydroxyl groups is 2. The first-order valence-electron chi connectivity index (χ1n) is 7.78. The van der Waals surface area contributed by atoms with Gasteiger partial charge in [-0.05, 0) is 29.5 Å². The molecule has 12 heteroatoms. The number of rotatable bonds is 0. The third-order valence-corrected chi connectivity index (χ3v) is 5.90. The molecule has 3 N–H and O–H groups in total. The van der Waals surface area contributed by atoms with Crippen LogP contribution in [0.15, 0.2) is 48.5 Å². The summed E-state index contributed by atoms with van der Waals surface area (Å²) in [5.41, 5.74) is 1.33. The highest BCUT2D eigenvalue weighted by atomic mass is 35.5. The molecular formula is C18H11Cl6N3O3. The van der Waals surface area contributed by atoms with Crippen molar-refractivity contribution in [3.05, 3.63) is 78.7 Å². The van der Waals surface area contributed by atoms with Gasteiger partial charge in [-0.1, -0.05) is 92.6 Å². The smallest absolute Gasteiger partial charge is 0.137 e. The largest absolute Gasteiger partial charge is 0.506 e. The predicted octanol–water partition coefficient (Wildman–Crippen LogP) is 7.37. The maximum atomic E-state index is 9.05. The monoisotopic (exact) mass is 527 g/mol. The second kappa shape index (κ2) is 11.0. The summed E-state index contributed by atoms with van der Waals surface area (Å²) in [7, 11) is 0. The Balaban J connectivity index is 0.000000161. The normalized spacial score (nSPS) is 10.1. The van der Waals surface area contributed by atoms with E-state index in [4.69, 9.17) is 85.0 Å². The average molecular weight is 530 g/mol. The van der Waals surface area contributed by atoms with Crippen LogP contribution in [0.1, 0.15) is 0 Å². The minimum absolute atomic E-state index is 0.0149. The molecule has 0 atom stereocenters. The summed E-state index contributed by atoms with van der Waals surface area (Å²) in [6.07, 6.45) is 0. The van der Waals surface area contributed by atoms with Crippen molar-refractivity contribution in [2.24, 2.45) is 0 Å². The number of halogens is 6. The van der Waals surface area contributed by atoms with Gasteiger partial charge in [0.15, 0.2) is 0 Å². The van der Waals surface area contributed by atoms with Gasteiger partial charge in [-0.2, -0.15) is 0 Å². The number of hydrogen-bond acceptors (Lipinski definition) is 5.